The van der Waals surface area contributed by atoms with Gasteiger partial charge in [0.2, 0.25) is 5.28 Å². The molecule has 1 aromatic heterocycles. The molecule has 21 heavy (non-hydrogen) atoms. The lowest BCUT2D eigenvalue weighted by atomic mass is 10.1. The van der Waals surface area contributed by atoms with Gasteiger partial charge in [-0.2, -0.15) is 0 Å². The molecule has 0 amide bonds. The fourth-order valence-electron chi connectivity index (χ4n) is 2.52. The van der Waals surface area contributed by atoms with Gasteiger partial charge in [0.1, 0.15) is 5.82 Å². The van der Waals surface area contributed by atoms with Crippen LogP contribution in [0.4, 0.5) is 5.82 Å². The standard InChI is InChI=1S/C15H20ClN3O2/c1-3-11(14(20)21-4-2)12-9-17-15(16)19-13(12)18-10-7-5-6-8-10/h3,9-10H,4-8H2,1-2H3,(H,17,18,19). The van der Waals surface area contributed by atoms with Gasteiger partial charge < -0.3 is 10.1 Å². The molecular weight excluding hydrogens is 290 g/mol. The summed E-state index contributed by atoms with van der Waals surface area (Å²) in [6.07, 6.45) is 7.90. The number of halogens is 1. The van der Waals surface area contributed by atoms with Gasteiger partial charge in [0, 0.05) is 17.8 Å². The Balaban J connectivity index is 2.30. The summed E-state index contributed by atoms with van der Waals surface area (Å²) in [6.45, 7) is 3.90. The summed E-state index contributed by atoms with van der Waals surface area (Å²) >= 11 is 5.89. The monoisotopic (exact) mass is 309 g/mol. The van der Waals surface area contributed by atoms with Crippen molar-refractivity contribution in [3.63, 3.8) is 0 Å². The van der Waals surface area contributed by atoms with E-state index in [-0.39, 0.29) is 11.3 Å². The molecule has 0 spiro atoms. The second-order valence-electron chi connectivity index (χ2n) is 4.95. The van der Waals surface area contributed by atoms with Crippen molar-refractivity contribution < 1.29 is 9.53 Å². The zero-order chi connectivity index (χ0) is 15.2. The highest BCUT2D eigenvalue weighted by atomic mass is 35.5. The zero-order valence-electron chi connectivity index (χ0n) is 12.4. The zero-order valence-corrected chi connectivity index (χ0v) is 13.1. The second-order valence-corrected chi connectivity index (χ2v) is 5.29. The minimum atomic E-state index is -0.375. The van der Waals surface area contributed by atoms with E-state index in [1.807, 2.05) is 0 Å². The molecular formula is C15H20ClN3O2. The van der Waals surface area contributed by atoms with Gasteiger partial charge in [0.25, 0.3) is 0 Å². The third kappa shape index (κ3) is 3.94. The first-order valence-corrected chi connectivity index (χ1v) is 7.66. The molecule has 1 fully saturated rings. The molecule has 1 aromatic rings. The van der Waals surface area contributed by atoms with E-state index in [0.29, 0.717) is 29.6 Å². The van der Waals surface area contributed by atoms with Crippen LogP contribution in [0.1, 0.15) is 45.1 Å². The number of carbonyl (C=O) groups excluding carboxylic acids is 1. The summed E-state index contributed by atoms with van der Waals surface area (Å²) in [5, 5.41) is 3.54. The number of nitrogens with zero attached hydrogens (tertiary/aromatic N) is 2. The lowest BCUT2D eigenvalue weighted by molar-refractivity contribution is -0.136. The Morgan fingerprint density at radius 1 is 1.52 bits per heavy atom. The van der Waals surface area contributed by atoms with Gasteiger partial charge in [0.05, 0.1) is 12.2 Å². The first-order chi connectivity index (χ1) is 10.2. The van der Waals surface area contributed by atoms with Crippen molar-refractivity contribution in [1.29, 1.82) is 0 Å². The summed E-state index contributed by atoms with van der Waals surface area (Å²) < 4.78 is 5.08. The van der Waals surface area contributed by atoms with Gasteiger partial charge in [0.15, 0.2) is 0 Å². The van der Waals surface area contributed by atoms with Crippen molar-refractivity contribution in [2.24, 2.45) is 0 Å². The summed E-state index contributed by atoms with van der Waals surface area (Å²) in [7, 11) is 0. The largest absolute Gasteiger partial charge is 0.462 e. The summed E-state index contributed by atoms with van der Waals surface area (Å²) in [5.41, 5.74) is 1.08. The van der Waals surface area contributed by atoms with Gasteiger partial charge >= 0.3 is 5.97 Å². The number of rotatable bonds is 5. The molecule has 1 N–H and O–H groups in total. The minimum Gasteiger partial charge on any atom is -0.462 e. The summed E-state index contributed by atoms with van der Waals surface area (Å²) in [6, 6.07) is 0.370. The predicted octanol–water partition coefficient (Wildman–Crippen LogP) is 3.45. The number of nitrogens with one attached hydrogen (secondary N) is 1. The van der Waals surface area contributed by atoms with Crippen LogP contribution in [-0.2, 0) is 9.53 Å². The molecule has 114 valence electrons. The highest BCUT2D eigenvalue weighted by Crippen LogP contribution is 2.28. The Morgan fingerprint density at radius 2 is 2.24 bits per heavy atom. The lowest BCUT2D eigenvalue weighted by Crippen LogP contribution is -2.18. The van der Waals surface area contributed by atoms with E-state index in [0.717, 1.165) is 12.8 Å². The highest BCUT2D eigenvalue weighted by Gasteiger charge is 2.21. The van der Waals surface area contributed by atoms with E-state index in [2.05, 4.69) is 15.3 Å². The third-order valence-electron chi connectivity index (χ3n) is 3.53. The fraction of sp³-hybridized carbons (Fsp3) is 0.533. The first kappa shape index (κ1) is 15.8. The minimum absolute atomic E-state index is 0.165. The molecule has 0 saturated heterocycles. The van der Waals surface area contributed by atoms with Gasteiger partial charge in [-0.05, 0) is 38.3 Å². The van der Waals surface area contributed by atoms with Gasteiger partial charge in [-0.25, -0.2) is 14.8 Å². The van der Waals surface area contributed by atoms with Gasteiger partial charge in [-0.3, -0.25) is 0 Å². The van der Waals surface area contributed by atoms with Crippen LogP contribution in [0.5, 0.6) is 0 Å². The van der Waals surface area contributed by atoms with Crippen LogP contribution >= 0.6 is 11.6 Å². The number of ether oxygens (including phenoxy) is 1. The number of allylic oxidation sites excluding steroid dienone is 1. The number of anilines is 1. The Bertz CT molecular complexity index is 540. The predicted molar refractivity (Wildman–Crippen MR) is 83.2 cm³/mol. The molecule has 0 atom stereocenters. The first-order valence-electron chi connectivity index (χ1n) is 7.28. The van der Waals surface area contributed by atoms with E-state index < -0.39 is 0 Å². The van der Waals surface area contributed by atoms with Crippen LogP contribution in [0.25, 0.3) is 5.57 Å². The maximum absolute atomic E-state index is 12.0. The molecule has 6 heteroatoms. The van der Waals surface area contributed by atoms with Crippen LogP contribution in [0.3, 0.4) is 0 Å². The number of hydrogen-bond donors (Lipinski definition) is 1. The summed E-state index contributed by atoms with van der Waals surface area (Å²) in [5.74, 6) is 0.225. The number of aromatic nitrogens is 2. The molecule has 0 radical (unpaired) electrons. The molecule has 0 unspecified atom stereocenters. The fourth-order valence-corrected chi connectivity index (χ4v) is 2.66. The third-order valence-corrected chi connectivity index (χ3v) is 3.71. The van der Waals surface area contributed by atoms with Crippen LogP contribution < -0.4 is 5.32 Å². The van der Waals surface area contributed by atoms with E-state index >= 15 is 0 Å². The Kier molecular flexibility index (Phi) is 5.56. The molecule has 1 saturated carbocycles. The molecule has 0 aromatic carbocycles. The topological polar surface area (TPSA) is 64.1 Å². The summed E-state index contributed by atoms with van der Waals surface area (Å²) in [4.78, 5) is 20.3. The van der Waals surface area contributed by atoms with Crippen LogP contribution in [0.15, 0.2) is 12.3 Å². The smallest absolute Gasteiger partial charge is 0.338 e. The Labute approximate surface area is 129 Å². The quantitative estimate of drug-likeness (QED) is 0.513. The molecule has 2 rings (SSSR count). The van der Waals surface area contributed by atoms with Crippen molar-refractivity contribution in [3.8, 4) is 0 Å². The molecule has 1 aliphatic carbocycles. The Hall–Kier alpha value is -1.62. The van der Waals surface area contributed by atoms with Crippen molar-refractivity contribution in [2.75, 3.05) is 11.9 Å². The molecule has 0 bridgehead atoms. The average molecular weight is 310 g/mol. The normalized spacial score (nSPS) is 16.0. The van der Waals surface area contributed by atoms with Crippen molar-refractivity contribution >= 4 is 29.0 Å². The highest BCUT2D eigenvalue weighted by molar-refractivity contribution is 6.28. The number of esters is 1. The maximum atomic E-state index is 12.0. The van der Waals surface area contributed by atoms with Crippen LogP contribution in [0.2, 0.25) is 5.28 Å². The van der Waals surface area contributed by atoms with Crippen molar-refractivity contribution in [3.05, 3.63) is 23.1 Å². The molecule has 1 aliphatic rings. The van der Waals surface area contributed by atoms with Crippen LogP contribution in [-0.4, -0.2) is 28.6 Å². The van der Waals surface area contributed by atoms with Crippen molar-refractivity contribution in [1.82, 2.24) is 9.97 Å². The van der Waals surface area contributed by atoms with Crippen LogP contribution in [0, 0.1) is 0 Å². The second kappa shape index (κ2) is 7.41. The average Bonchev–Trinajstić information content (AvgIpc) is 2.95. The molecule has 0 aliphatic heterocycles. The van der Waals surface area contributed by atoms with E-state index in [1.54, 1.807) is 26.1 Å². The van der Waals surface area contributed by atoms with E-state index in [9.17, 15) is 4.79 Å². The molecule has 1 heterocycles. The Morgan fingerprint density at radius 3 is 2.86 bits per heavy atom. The SMILES string of the molecule is CC=C(C(=O)OCC)c1cnc(Cl)nc1NC1CCCC1. The molecule has 5 nitrogen and oxygen atoms in total. The maximum Gasteiger partial charge on any atom is 0.338 e. The van der Waals surface area contributed by atoms with Gasteiger partial charge in [-0.1, -0.05) is 18.9 Å². The van der Waals surface area contributed by atoms with E-state index in [1.165, 1.54) is 12.8 Å². The lowest BCUT2D eigenvalue weighted by Gasteiger charge is -2.17. The van der Waals surface area contributed by atoms with Crippen molar-refractivity contribution in [2.45, 2.75) is 45.6 Å². The van der Waals surface area contributed by atoms with E-state index in [4.69, 9.17) is 16.3 Å². The number of carbonyl (C=O) groups is 1. The van der Waals surface area contributed by atoms with Gasteiger partial charge in [-0.15, -0.1) is 0 Å². The number of hydrogen-bond acceptors (Lipinski definition) is 5.